The number of carbonyl (C=O) groups is 1. The van der Waals surface area contributed by atoms with Gasteiger partial charge in [0.2, 0.25) is 0 Å². The first-order chi connectivity index (χ1) is 11.4. The van der Waals surface area contributed by atoms with Crippen molar-refractivity contribution >= 4 is 16.9 Å². The van der Waals surface area contributed by atoms with E-state index in [1.165, 1.54) is 24.5 Å². The number of nitrogens with zero attached hydrogens (tertiary/aromatic N) is 3. The topological polar surface area (TPSA) is 64.5 Å². The zero-order valence-electron chi connectivity index (χ0n) is 14.0. The van der Waals surface area contributed by atoms with Crippen LogP contribution in [0.15, 0.2) is 24.5 Å². The highest BCUT2D eigenvalue weighted by atomic mass is 19.1. The van der Waals surface area contributed by atoms with Gasteiger partial charge in [-0.05, 0) is 19.9 Å². The van der Waals surface area contributed by atoms with E-state index in [4.69, 9.17) is 9.47 Å². The maximum absolute atomic E-state index is 14.4. The molecular weight excluding hydrogens is 313 g/mol. The highest BCUT2D eigenvalue weighted by Gasteiger charge is 2.36. The number of methoxy groups -OCH3 is 1. The minimum Gasteiger partial charge on any atom is -0.382 e. The lowest BCUT2D eigenvalue weighted by Crippen LogP contribution is -2.55. The predicted octanol–water partition coefficient (Wildman–Crippen LogP) is 2.03. The summed E-state index contributed by atoms with van der Waals surface area (Å²) in [7, 11) is 1.58. The zero-order chi connectivity index (χ0) is 17.3. The van der Waals surface area contributed by atoms with Gasteiger partial charge < -0.3 is 14.4 Å². The van der Waals surface area contributed by atoms with Crippen LogP contribution in [-0.4, -0.2) is 59.3 Å². The SMILES string of the molecule is COC[C@H]1CN(C(=O)c2cc3nccnc3cc2F)CC(C)(C)O1. The fourth-order valence-corrected chi connectivity index (χ4v) is 3.04. The molecule has 1 amide bonds. The lowest BCUT2D eigenvalue weighted by Gasteiger charge is -2.42. The van der Waals surface area contributed by atoms with E-state index < -0.39 is 11.4 Å². The number of fused-ring (bicyclic) bond motifs is 1. The highest BCUT2D eigenvalue weighted by molar-refractivity contribution is 5.97. The van der Waals surface area contributed by atoms with Crippen molar-refractivity contribution in [2.24, 2.45) is 0 Å². The molecule has 1 fully saturated rings. The molecule has 0 saturated carbocycles. The Morgan fingerprint density at radius 3 is 2.71 bits per heavy atom. The molecule has 6 nitrogen and oxygen atoms in total. The van der Waals surface area contributed by atoms with Crippen molar-refractivity contribution < 1.29 is 18.7 Å². The van der Waals surface area contributed by atoms with Gasteiger partial charge in [0.15, 0.2) is 0 Å². The van der Waals surface area contributed by atoms with Gasteiger partial charge in [-0.25, -0.2) is 4.39 Å². The Labute approximate surface area is 139 Å². The smallest absolute Gasteiger partial charge is 0.257 e. The summed E-state index contributed by atoms with van der Waals surface area (Å²) < 4.78 is 25.4. The van der Waals surface area contributed by atoms with Gasteiger partial charge >= 0.3 is 0 Å². The molecule has 2 aromatic rings. The van der Waals surface area contributed by atoms with Crippen LogP contribution < -0.4 is 0 Å². The Balaban J connectivity index is 1.91. The molecule has 1 saturated heterocycles. The first-order valence-electron chi connectivity index (χ1n) is 7.76. The second-order valence-electron chi connectivity index (χ2n) is 6.52. The number of carbonyl (C=O) groups excluding carboxylic acids is 1. The first kappa shape index (κ1) is 16.7. The summed E-state index contributed by atoms with van der Waals surface area (Å²) in [4.78, 5) is 22.6. The minimum atomic E-state index is -0.597. The molecule has 0 radical (unpaired) electrons. The van der Waals surface area contributed by atoms with Crippen molar-refractivity contribution in [2.45, 2.75) is 25.6 Å². The number of hydrogen-bond donors (Lipinski definition) is 0. The number of ether oxygens (including phenoxy) is 2. The van der Waals surface area contributed by atoms with Crippen molar-refractivity contribution in [3.63, 3.8) is 0 Å². The van der Waals surface area contributed by atoms with Crippen LogP contribution in [0.3, 0.4) is 0 Å². The average molecular weight is 333 g/mol. The van der Waals surface area contributed by atoms with Gasteiger partial charge in [-0.2, -0.15) is 0 Å². The van der Waals surface area contributed by atoms with Crippen LogP contribution in [0.1, 0.15) is 24.2 Å². The molecule has 128 valence electrons. The molecule has 2 heterocycles. The Morgan fingerprint density at radius 1 is 1.38 bits per heavy atom. The normalized spacial score (nSPS) is 20.3. The molecule has 1 aromatic carbocycles. The third-order valence-electron chi connectivity index (χ3n) is 3.91. The third-order valence-corrected chi connectivity index (χ3v) is 3.91. The summed E-state index contributed by atoms with van der Waals surface area (Å²) >= 11 is 0. The standard InChI is InChI=1S/C17H20FN3O3/c1-17(2)10-21(8-11(24-17)9-23-3)16(22)12-6-14-15(7-13(12)18)20-5-4-19-14/h4-7,11H,8-10H2,1-3H3/t11-/m1/s1. The van der Waals surface area contributed by atoms with Crippen molar-refractivity contribution in [3.05, 3.63) is 35.9 Å². The number of morpholine rings is 1. The van der Waals surface area contributed by atoms with Gasteiger partial charge in [-0.1, -0.05) is 0 Å². The van der Waals surface area contributed by atoms with Crippen molar-refractivity contribution in [3.8, 4) is 0 Å². The Hall–Kier alpha value is -2.12. The molecule has 24 heavy (non-hydrogen) atoms. The number of halogens is 1. The Kier molecular flexibility index (Phi) is 4.47. The summed E-state index contributed by atoms with van der Waals surface area (Å²) in [5.74, 6) is -0.974. The molecule has 3 rings (SSSR count). The molecule has 0 unspecified atom stereocenters. The number of benzene rings is 1. The van der Waals surface area contributed by atoms with Gasteiger partial charge in [0, 0.05) is 38.7 Å². The molecule has 0 bridgehead atoms. The van der Waals surface area contributed by atoms with Gasteiger partial charge in [0.1, 0.15) is 5.82 Å². The lowest BCUT2D eigenvalue weighted by molar-refractivity contribution is -0.143. The van der Waals surface area contributed by atoms with E-state index >= 15 is 0 Å². The molecular formula is C17H20FN3O3. The fourth-order valence-electron chi connectivity index (χ4n) is 3.04. The molecule has 7 heteroatoms. The summed E-state index contributed by atoms with van der Waals surface area (Å²) in [5, 5.41) is 0. The van der Waals surface area contributed by atoms with Crippen LogP contribution in [0.25, 0.3) is 11.0 Å². The number of aromatic nitrogens is 2. The first-order valence-corrected chi connectivity index (χ1v) is 7.76. The maximum atomic E-state index is 14.4. The second kappa shape index (κ2) is 6.41. The maximum Gasteiger partial charge on any atom is 0.257 e. The van der Waals surface area contributed by atoms with E-state index in [1.54, 1.807) is 12.0 Å². The quantitative estimate of drug-likeness (QED) is 0.860. The largest absolute Gasteiger partial charge is 0.382 e. The molecule has 1 aromatic heterocycles. The van der Waals surface area contributed by atoms with Gasteiger partial charge in [-0.3, -0.25) is 14.8 Å². The summed E-state index contributed by atoms with van der Waals surface area (Å²) in [6.07, 6.45) is 2.76. The van der Waals surface area contributed by atoms with Crippen LogP contribution >= 0.6 is 0 Å². The van der Waals surface area contributed by atoms with Gasteiger partial charge in [0.25, 0.3) is 5.91 Å². The van der Waals surface area contributed by atoms with Crippen molar-refractivity contribution in [1.29, 1.82) is 0 Å². The van der Waals surface area contributed by atoms with Crippen LogP contribution in [0.5, 0.6) is 0 Å². The molecule has 1 aliphatic heterocycles. The lowest BCUT2D eigenvalue weighted by atomic mass is 10.0. The predicted molar refractivity (Wildman–Crippen MR) is 86.2 cm³/mol. The van der Waals surface area contributed by atoms with E-state index in [-0.39, 0.29) is 17.6 Å². The van der Waals surface area contributed by atoms with Crippen LogP contribution in [0, 0.1) is 5.82 Å². The highest BCUT2D eigenvalue weighted by Crippen LogP contribution is 2.24. The van der Waals surface area contributed by atoms with E-state index in [9.17, 15) is 9.18 Å². The Bertz CT molecular complexity index is 766. The molecule has 1 atom stereocenters. The van der Waals surface area contributed by atoms with E-state index in [0.717, 1.165) is 0 Å². The van der Waals surface area contributed by atoms with E-state index in [0.29, 0.717) is 30.7 Å². The summed E-state index contributed by atoms with van der Waals surface area (Å²) in [6, 6.07) is 2.70. The monoisotopic (exact) mass is 333 g/mol. The summed E-state index contributed by atoms with van der Waals surface area (Å²) in [6.45, 7) is 4.91. The van der Waals surface area contributed by atoms with E-state index in [1.807, 2.05) is 13.8 Å². The molecule has 0 N–H and O–H groups in total. The summed E-state index contributed by atoms with van der Waals surface area (Å²) in [5.41, 5.74) is 0.385. The van der Waals surface area contributed by atoms with Crippen molar-refractivity contribution in [2.75, 3.05) is 26.8 Å². The number of hydrogen-bond acceptors (Lipinski definition) is 5. The van der Waals surface area contributed by atoms with Gasteiger partial charge in [0.05, 0.1) is 34.9 Å². The average Bonchev–Trinajstić information content (AvgIpc) is 2.52. The zero-order valence-corrected chi connectivity index (χ0v) is 14.0. The fraction of sp³-hybridized carbons (Fsp3) is 0.471. The number of amides is 1. The van der Waals surface area contributed by atoms with Crippen LogP contribution in [0.2, 0.25) is 0 Å². The van der Waals surface area contributed by atoms with Gasteiger partial charge in [-0.15, -0.1) is 0 Å². The van der Waals surface area contributed by atoms with Crippen molar-refractivity contribution in [1.82, 2.24) is 14.9 Å². The van der Waals surface area contributed by atoms with E-state index in [2.05, 4.69) is 9.97 Å². The minimum absolute atomic E-state index is 0.00290. The molecule has 0 aliphatic carbocycles. The Morgan fingerprint density at radius 2 is 2.04 bits per heavy atom. The molecule has 1 aliphatic rings. The van der Waals surface area contributed by atoms with Crippen LogP contribution in [-0.2, 0) is 9.47 Å². The van der Waals surface area contributed by atoms with Crippen LogP contribution in [0.4, 0.5) is 4.39 Å². The third kappa shape index (κ3) is 3.37. The number of rotatable bonds is 3. The molecule has 0 spiro atoms. The second-order valence-corrected chi connectivity index (χ2v) is 6.52.